The van der Waals surface area contributed by atoms with Crippen molar-refractivity contribution in [2.45, 2.75) is 13.0 Å². The Kier molecular flexibility index (Phi) is 2.44. The molecule has 0 saturated carbocycles. The van der Waals surface area contributed by atoms with Gasteiger partial charge in [-0.3, -0.25) is 4.98 Å². The lowest BCUT2D eigenvalue weighted by molar-refractivity contribution is 0.490. The topological polar surface area (TPSA) is 51.0 Å². The molecule has 0 spiro atoms. The van der Waals surface area contributed by atoms with Gasteiger partial charge in [-0.2, -0.15) is 0 Å². The summed E-state index contributed by atoms with van der Waals surface area (Å²) in [7, 11) is 0. The minimum Gasteiger partial charge on any atom is -0.467 e. The van der Waals surface area contributed by atoms with Crippen molar-refractivity contribution in [3.63, 3.8) is 0 Å². The molecule has 0 aliphatic carbocycles. The summed E-state index contributed by atoms with van der Waals surface area (Å²) in [5.74, 6) is 1.63. The molecule has 0 radical (unpaired) electrons. The van der Waals surface area contributed by atoms with E-state index in [9.17, 15) is 0 Å². The molecule has 2 rings (SSSR count). The first-order chi connectivity index (χ1) is 6.86. The average Bonchev–Trinajstić information content (AvgIpc) is 2.72. The standard InChI is InChI=1S/C10H11N3O/c1-8(9-3-2-6-14-9)13-10-7-11-4-5-12-10/h2-8H,1H3,(H,12,13). The summed E-state index contributed by atoms with van der Waals surface area (Å²) < 4.78 is 5.26. The van der Waals surface area contributed by atoms with Gasteiger partial charge in [0.15, 0.2) is 0 Å². The summed E-state index contributed by atoms with van der Waals surface area (Å²) in [6.45, 7) is 2.01. The average molecular weight is 189 g/mol. The van der Waals surface area contributed by atoms with Crippen LogP contribution in [0.25, 0.3) is 0 Å². The van der Waals surface area contributed by atoms with E-state index in [1.165, 1.54) is 0 Å². The van der Waals surface area contributed by atoms with Crippen molar-refractivity contribution in [1.82, 2.24) is 9.97 Å². The third kappa shape index (κ3) is 1.90. The Morgan fingerprint density at radius 1 is 1.43 bits per heavy atom. The summed E-state index contributed by atoms with van der Waals surface area (Å²) in [6, 6.07) is 3.89. The number of nitrogens with zero attached hydrogens (tertiary/aromatic N) is 2. The van der Waals surface area contributed by atoms with Crippen LogP contribution in [0.3, 0.4) is 0 Å². The van der Waals surface area contributed by atoms with Crippen molar-refractivity contribution in [3.05, 3.63) is 42.7 Å². The van der Waals surface area contributed by atoms with Gasteiger partial charge >= 0.3 is 0 Å². The molecule has 72 valence electrons. The fourth-order valence-corrected chi connectivity index (χ4v) is 1.20. The minimum absolute atomic E-state index is 0.0988. The summed E-state index contributed by atoms with van der Waals surface area (Å²) in [4.78, 5) is 8.08. The monoisotopic (exact) mass is 189 g/mol. The molecule has 0 saturated heterocycles. The van der Waals surface area contributed by atoms with Crippen LogP contribution in [-0.4, -0.2) is 9.97 Å². The number of furan rings is 1. The van der Waals surface area contributed by atoms with Gasteiger partial charge in [0.1, 0.15) is 11.6 Å². The molecule has 14 heavy (non-hydrogen) atoms. The quantitative estimate of drug-likeness (QED) is 0.804. The first-order valence-corrected chi connectivity index (χ1v) is 4.42. The highest BCUT2D eigenvalue weighted by Gasteiger charge is 2.07. The molecule has 0 amide bonds. The molecule has 2 heterocycles. The number of anilines is 1. The molecule has 1 unspecified atom stereocenters. The van der Waals surface area contributed by atoms with Crippen LogP contribution in [0.15, 0.2) is 41.4 Å². The first kappa shape index (κ1) is 8.74. The van der Waals surface area contributed by atoms with Gasteiger partial charge in [0, 0.05) is 12.4 Å². The van der Waals surface area contributed by atoms with Gasteiger partial charge in [0.25, 0.3) is 0 Å². The predicted octanol–water partition coefficient (Wildman–Crippen LogP) is 2.24. The highest BCUT2D eigenvalue weighted by atomic mass is 16.3. The fraction of sp³-hybridized carbons (Fsp3) is 0.200. The number of hydrogen-bond acceptors (Lipinski definition) is 4. The largest absolute Gasteiger partial charge is 0.467 e. The van der Waals surface area contributed by atoms with Crippen LogP contribution in [0.2, 0.25) is 0 Å². The molecule has 0 aromatic carbocycles. The van der Waals surface area contributed by atoms with E-state index in [-0.39, 0.29) is 6.04 Å². The van der Waals surface area contributed by atoms with Gasteiger partial charge in [0.05, 0.1) is 18.5 Å². The van der Waals surface area contributed by atoms with Crippen molar-refractivity contribution in [3.8, 4) is 0 Å². The second kappa shape index (κ2) is 3.91. The molecular weight excluding hydrogens is 178 g/mol. The lowest BCUT2D eigenvalue weighted by atomic mass is 10.2. The second-order valence-corrected chi connectivity index (χ2v) is 2.97. The van der Waals surface area contributed by atoms with E-state index >= 15 is 0 Å². The Hall–Kier alpha value is -1.84. The summed E-state index contributed by atoms with van der Waals surface area (Å²) in [6.07, 6.45) is 6.63. The summed E-state index contributed by atoms with van der Waals surface area (Å²) in [5, 5.41) is 3.18. The van der Waals surface area contributed by atoms with Crippen molar-refractivity contribution in [2.75, 3.05) is 5.32 Å². The van der Waals surface area contributed by atoms with Crippen LogP contribution in [0.5, 0.6) is 0 Å². The van der Waals surface area contributed by atoms with Crippen LogP contribution < -0.4 is 5.32 Å². The normalized spacial score (nSPS) is 12.4. The Labute approximate surface area is 82.0 Å². The third-order valence-corrected chi connectivity index (χ3v) is 1.90. The Morgan fingerprint density at radius 3 is 3.00 bits per heavy atom. The highest BCUT2D eigenvalue weighted by molar-refractivity contribution is 5.32. The third-order valence-electron chi connectivity index (χ3n) is 1.90. The van der Waals surface area contributed by atoms with Gasteiger partial charge < -0.3 is 9.73 Å². The maximum Gasteiger partial charge on any atom is 0.145 e. The zero-order valence-corrected chi connectivity index (χ0v) is 7.84. The number of hydrogen-bond donors (Lipinski definition) is 1. The molecule has 1 atom stereocenters. The van der Waals surface area contributed by atoms with Crippen molar-refractivity contribution >= 4 is 5.82 Å². The SMILES string of the molecule is CC(Nc1cnccn1)c1ccco1. The number of aromatic nitrogens is 2. The molecule has 2 aromatic rings. The molecule has 0 aliphatic rings. The van der Waals surface area contributed by atoms with Crippen LogP contribution in [-0.2, 0) is 0 Å². The van der Waals surface area contributed by atoms with Crippen LogP contribution >= 0.6 is 0 Å². The van der Waals surface area contributed by atoms with Gasteiger partial charge in [0.2, 0.25) is 0 Å². The second-order valence-electron chi connectivity index (χ2n) is 2.97. The first-order valence-electron chi connectivity index (χ1n) is 4.42. The van der Waals surface area contributed by atoms with Gasteiger partial charge in [-0.1, -0.05) is 0 Å². The predicted molar refractivity (Wildman–Crippen MR) is 52.8 cm³/mol. The Morgan fingerprint density at radius 2 is 2.36 bits per heavy atom. The van der Waals surface area contributed by atoms with E-state index in [1.54, 1.807) is 24.9 Å². The maximum atomic E-state index is 5.26. The smallest absolute Gasteiger partial charge is 0.145 e. The van der Waals surface area contributed by atoms with Gasteiger partial charge in [-0.25, -0.2) is 4.98 Å². The Balaban J connectivity index is 2.06. The van der Waals surface area contributed by atoms with Crippen LogP contribution in [0.1, 0.15) is 18.7 Å². The molecule has 4 heteroatoms. The number of rotatable bonds is 3. The fourth-order valence-electron chi connectivity index (χ4n) is 1.20. The summed E-state index contributed by atoms with van der Waals surface area (Å²) >= 11 is 0. The molecule has 0 bridgehead atoms. The van der Waals surface area contributed by atoms with E-state index in [0.29, 0.717) is 0 Å². The Bertz CT molecular complexity index is 372. The van der Waals surface area contributed by atoms with Gasteiger partial charge in [-0.15, -0.1) is 0 Å². The van der Waals surface area contributed by atoms with E-state index in [0.717, 1.165) is 11.6 Å². The van der Waals surface area contributed by atoms with E-state index in [1.807, 2.05) is 19.1 Å². The number of nitrogens with one attached hydrogen (secondary N) is 1. The van der Waals surface area contributed by atoms with Crippen molar-refractivity contribution in [2.24, 2.45) is 0 Å². The van der Waals surface area contributed by atoms with Crippen LogP contribution in [0, 0.1) is 0 Å². The molecule has 0 fully saturated rings. The molecular formula is C10H11N3O. The highest BCUT2D eigenvalue weighted by Crippen LogP contribution is 2.16. The molecule has 4 nitrogen and oxygen atoms in total. The van der Waals surface area contributed by atoms with E-state index in [4.69, 9.17) is 4.42 Å². The van der Waals surface area contributed by atoms with Crippen molar-refractivity contribution < 1.29 is 4.42 Å². The maximum absolute atomic E-state index is 5.26. The van der Waals surface area contributed by atoms with Gasteiger partial charge in [-0.05, 0) is 19.1 Å². The zero-order valence-electron chi connectivity index (χ0n) is 7.84. The summed E-state index contributed by atoms with van der Waals surface area (Å²) in [5.41, 5.74) is 0. The molecule has 2 aromatic heterocycles. The zero-order chi connectivity index (χ0) is 9.80. The van der Waals surface area contributed by atoms with E-state index in [2.05, 4.69) is 15.3 Å². The lowest BCUT2D eigenvalue weighted by Crippen LogP contribution is -2.06. The molecule has 1 N–H and O–H groups in total. The van der Waals surface area contributed by atoms with Crippen LogP contribution in [0.4, 0.5) is 5.82 Å². The van der Waals surface area contributed by atoms with E-state index < -0.39 is 0 Å². The molecule has 0 aliphatic heterocycles. The lowest BCUT2D eigenvalue weighted by Gasteiger charge is -2.10. The van der Waals surface area contributed by atoms with Crippen molar-refractivity contribution in [1.29, 1.82) is 0 Å². The minimum atomic E-state index is 0.0988.